The molecule has 0 heterocycles. The van der Waals surface area contributed by atoms with Gasteiger partial charge in [-0.3, -0.25) is 10.1 Å². The smallest absolute Gasteiger partial charge is 0.545 e. The van der Waals surface area contributed by atoms with Crippen LogP contribution >= 0.6 is 0 Å². The van der Waals surface area contributed by atoms with Crippen LogP contribution < -0.4 is 34.7 Å². The van der Waals surface area contributed by atoms with E-state index in [0.29, 0.717) is 5.56 Å². The Balaban J connectivity index is 0.00000169. The first kappa shape index (κ1) is 13.1. The SMILES string of the molecule is Cc1ccc([N+](=O)[O-])c(C(=O)[O-])c1.[Na+]. The van der Waals surface area contributed by atoms with Crippen LogP contribution in [0.1, 0.15) is 15.9 Å². The van der Waals surface area contributed by atoms with Crippen molar-refractivity contribution < 1.29 is 44.4 Å². The Morgan fingerprint density at radius 2 is 2.00 bits per heavy atom. The summed E-state index contributed by atoms with van der Waals surface area (Å²) in [5.74, 6) is -1.53. The van der Waals surface area contributed by atoms with Crippen molar-refractivity contribution in [3.63, 3.8) is 0 Å². The summed E-state index contributed by atoms with van der Waals surface area (Å²) in [7, 11) is 0. The van der Waals surface area contributed by atoms with Crippen molar-refractivity contribution in [3.05, 3.63) is 39.4 Å². The van der Waals surface area contributed by atoms with Crippen molar-refractivity contribution in [2.24, 2.45) is 0 Å². The second kappa shape index (κ2) is 5.09. The summed E-state index contributed by atoms with van der Waals surface area (Å²) in [6.45, 7) is 1.65. The molecule has 0 N–H and O–H groups in total. The second-order valence-corrected chi connectivity index (χ2v) is 2.57. The minimum absolute atomic E-state index is 0. The number of benzene rings is 1. The quantitative estimate of drug-likeness (QED) is 0.297. The summed E-state index contributed by atoms with van der Waals surface area (Å²) >= 11 is 0. The molecule has 1 aromatic rings. The number of hydrogen-bond acceptors (Lipinski definition) is 4. The van der Waals surface area contributed by atoms with Gasteiger partial charge >= 0.3 is 29.6 Å². The number of aryl methyl sites for hydroxylation is 1. The van der Waals surface area contributed by atoms with E-state index in [0.717, 1.165) is 6.07 Å². The third kappa shape index (κ3) is 2.80. The van der Waals surface area contributed by atoms with Gasteiger partial charge in [0.1, 0.15) is 0 Å². The Morgan fingerprint density at radius 3 is 2.43 bits per heavy atom. The molecule has 0 unspecified atom stereocenters. The Kier molecular flexibility index (Phi) is 4.76. The van der Waals surface area contributed by atoms with Gasteiger partial charge in [0.25, 0.3) is 5.69 Å². The fourth-order valence-electron chi connectivity index (χ4n) is 0.973. The first-order valence-electron chi connectivity index (χ1n) is 3.49. The summed E-state index contributed by atoms with van der Waals surface area (Å²) < 4.78 is 0. The maximum atomic E-state index is 10.5. The Labute approximate surface area is 102 Å². The molecule has 6 heteroatoms. The van der Waals surface area contributed by atoms with E-state index in [4.69, 9.17) is 0 Å². The molecule has 0 aliphatic heterocycles. The number of rotatable bonds is 2. The number of carboxylic acid groups (broad SMARTS) is 1. The zero-order chi connectivity index (χ0) is 10.0. The molecule has 0 amide bonds. The zero-order valence-corrected chi connectivity index (χ0v) is 9.81. The number of carbonyl (C=O) groups excluding carboxylic acids is 1. The van der Waals surface area contributed by atoms with Crippen LogP contribution in [-0.4, -0.2) is 10.9 Å². The van der Waals surface area contributed by atoms with E-state index in [2.05, 4.69) is 0 Å². The fraction of sp³-hybridized carbons (Fsp3) is 0.125. The molecule has 0 fully saturated rings. The van der Waals surface area contributed by atoms with Crippen LogP contribution in [0.15, 0.2) is 18.2 Å². The molecule has 0 saturated heterocycles. The van der Waals surface area contributed by atoms with Gasteiger partial charge in [-0.2, -0.15) is 0 Å². The molecule has 68 valence electrons. The zero-order valence-electron chi connectivity index (χ0n) is 7.81. The molecule has 5 nitrogen and oxygen atoms in total. The molecule has 0 saturated carbocycles. The van der Waals surface area contributed by atoms with Crippen molar-refractivity contribution >= 4 is 11.7 Å². The summed E-state index contributed by atoms with van der Waals surface area (Å²) in [6.07, 6.45) is 0. The van der Waals surface area contributed by atoms with Crippen LogP contribution in [0.3, 0.4) is 0 Å². The maximum absolute atomic E-state index is 10.5. The Hall–Kier alpha value is -0.910. The molecule has 0 bridgehead atoms. The molecule has 0 aliphatic carbocycles. The largest absolute Gasteiger partial charge is 1.00 e. The van der Waals surface area contributed by atoms with Gasteiger partial charge in [0.15, 0.2) is 0 Å². The normalized spacial score (nSPS) is 8.93. The van der Waals surface area contributed by atoms with Crippen LogP contribution in [-0.2, 0) is 0 Å². The number of hydrogen-bond donors (Lipinski definition) is 0. The first-order chi connectivity index (χ1) is 6.02. The molecule has 0 aromatic heterocycles. The Morgan fingerprint density at radius 1 is 1.43 bits per heavy atom. The van der Waals surface area contributed by atoms with Crippen LogP contribution in [0.5, 0.6) is 0 Å². The molecule has 0 aliphatic rings. The van der Waals surface area contributed by atoms with Crippen molar-refractivity contribution in [2.75, 3.05) is 0 Å². The molecule has 1 rings (SSSR count). The minimum atomic E-state index is -1.53. The third-order valence-corrected chi connectivity index (χ3v) is 1.57. The predicted molar refractivity (Wildman–Crippen MR) is 42.2 cm³/mol. The van der Waals surface area contributed by atoms with E-state index < -0.39 is 16.6 Å². The maximum Gasteiger partial charge on any atom is 1.00 e. The molecule has 14 heavy (non-hydrogen) atoms. The van der Waals surface area contributed by atoms with E-state index in [9.17, 15) is 20.0 Å². The van der Waals surface area contributed by atoms with Gasteiger partial charge in [0.05, 0.1) is 16.5 Å². The van der Waals surface area contributed by atoms with E-state index in [1.54, 1.807) is 6.92 Å². The van der Waals surface area contributed by atoms with E-state index in [1.807, 2.05) is 0 Å². The molecule has 1 aromatic carbocycles. The third-order valence-electron chi connectivity index (χ3n) is 1.57. The average molecular weight is 203 g/mol. The van der Waals surface area contributed by atoms with Crippen LogP contribution in [0.4, 0.5) is 5.69 Å². The van der Waals surface area contributed by atoms with E-state index in [1.165, 1.54) is 12.1 Å². The summed E-state index contributed by atoms with van der Waals surface area (Å²) in [4.78, 5) is 20.1. The van der Waals surface area contributed by atoms with Crippen molar-refractivity contribution in [1.29, 1.82) is 0 Å². The number of nitro benzene ring substituents is 1. The van der Waals surface area contributed by atoms with Crippen molar-refractivity contribution in [3.8, 4) is 0 Å². The van der Waals surface area contributed by atoms with Crippen molar-refractivity contribution in [1.82, 2.24) is 0 Å². The number of carbonyl (C=O) groups is 1. The van der Waals surface area contributed by atoms with Gasteiger partial charge in [-0.05, 0) is 18.6 Å². The van der Waals surface area contributed by atoms with Crippen LogP contribution in [0.25, 0.3) is 0 Å². The molecule has 0 spiro atoms. The number of carboxylic acids is 1. The standard InChI is InChI=1S/C8H7NO4.Na/c1-5-2-3-7(9(12)13)6(4-5)8(10)11;/h2-4H,1H3,(H,10,11);/q;+1/p-1. The van der Waals surface area contributed by atoms with Gasteiger partial charge in [0.2, 0.25) is 0 Å². The van der Waals surface area contributed by atoms with Crippen LogP contribution in [0, 0.1) is 17.0 Å². The number of nitro groups is 1. The molecular weight excluding hydrogens is 197 g/mol. The summed E-state index contributed by atoms with van der Waals surface area (Å²) in [6, 6.07) is 3.85. The first-order valence-corrected chi connectivity index (χ1v) is 3.49. The predicted octanol–water partition coefficient (Wildman–Crippen LogP) is -2.73. The van der Waals surface area contributed by atoms with Crippen LogP contribution in [0.2, 0.25) is 0 Å². The summed E-state index contributed by atoms with van der Waals surface area (Å²) in [5.41, 5.74) is -0.180. The monoisotopic (exact) mass is 203 g/mol. The molecular formula is C8H6NNaO4. The summed E-state index contributed by atoms with van der Waals surface area (Å²) in [5, 5.41) is 20.8. The number of nitrogens with zero attached hydrogens (tertiary/aromatic N) is 1. The molecule has 0 radical (unpaired) electrons. The van der Waals surface area contributed by atoms with Gasteiger partial charge in [-0.15, -0.1) is 0 Å². The van der Waals surface area contributed by atoms with Gasteiger partial charge in [-0.25, -0.2) is 0 Å². The Bertz CT molecular complexity index is 378. The van der Waals surface area contributed by atoms with E-state index in [-0.39, 0.29) is 35.1 Å². The fourth-order valence-corrected chi connectivity index (χ4v) is 0.973. The van der Waals surface area contributed by atoms with Gasteiger partial charge in [0, 0.05) is 6.07 Å². The average Bonchev–Trinajstić information content (AvgIpc) is 2.03. The van der Waals surface area contributed by atoms with Gasteiger partial charge in [-0.1, -0.05) is 6.07 Å². The topological polar surface area (TPSA) is 83.3 Å². The van der Waals surface area contributed by atoms with E-state index >= 15 is 0 Å². The second-order valence-electron chi connectivity index (χ2n) is 2.57. The molecule has 0 atom stereocenters. The minimum Gasteiger partial charge on any atom is -0.545 e. The van der Waals surface area contributed by atoms with Crippen molar-refractivity contribution in [2.45, 2.75) is 6.92 Å². The van der Waals surface area contributed by atoms with Gasteiger partial charge < -0.3 is 9.90 Å². The number of aromatic carboxylic acids is 1.